The Bertz CT molecular complexity index is 949. The summed E-state index contributed by atoms with van der Waals surface area (Å²) in [5.41, 5.74) is 1.36. The third kappa shape index (κ3) is 5.18. The fourth-order valence-electron chi connectivity index (χ4n) is 4.60. The van der Waals surface area contributed by atoms with E-state index in [4.69, 9.17) is 0 Å². The summed E-state index contributed by atoms with van der Waals surface area (Å²) in [6.07, 6.45) is 8.03. The average molecular weight is 440 g/mol. The van der Waals surface area contributed by atoms with Crippen LogP contribution < -0.4 is 15.5 Å². The minimum atomic E-state index is -0.407. The van der Waals surface area contributed by atoms with Crippen molar-refractivity contribution in [1.29, 1.82) is 0 Å². The maximum atomic E-state index is 14.7. The lowest BCUT2D eigenvalue weighted by atomic mass is 9.94. The van der Waals surface area contributed by atoms with Crippen molar-refractivity contribution in [3.05, 3.63) is 54.1 Å². The zero-order chi connectivity index (χ0) is 22.5. The van der Waals surface area contributed by atoms with Crippen molar-refractivity contribution in [1.82, 2.24) is 15.2 Å². The zero-order valence-electron chi connectivity index (χ0n) is 18.4. The van der Waals surface area contributed by atoms with Gasteiger partial charge >= 0.3 is 6.03 Å². The van der Waals surface area contributed by atoms with Crippen LogP contribution in [0.1, 0.15) is 49.0 Å². The summed E-state index contributed by atoms with van der Waals surface area (Å²) in [6.45, 7) is 0.972. The monoisotopic (exact) mass is 439 g/mol. The number of likely N-dealkylation sites (tertiary alicyclic amines) is 1. The predicted molar refractivity (Wildman–Crippen MR) is 122 cm³/mol. The Kier molecular flexibility index (Phi) is 6.87. The highest BCUT2D eigenvalue weighted by Gasteiger charge is 2.28. The van der Waals surface area contributed by atoms with Gasteiger partial charge in [0.05, 0.1) is 5.69 Å². The van der Waals surface area contributed by atoms with Gasteiger partial charge in [-0.2, -0.15) is 0 Å². The van der Waals surface area contributed by atoms with Crippen molar-refractivity contribution in [3.8, 4) is 0 Å². The van der Waals surface area contributed by atoms with E-state index in [0.29, 0.717) is 42.6 Å². The summed E-state index contributed by atoms with van der Waals surface area (Å²) in [7, 11) is 1.94. The topological polar surface area (TPSA) is 77.6 Å². The van der Waals surface area contributed by atoms with E-state index in [1.54, 1.807) is 41.4 Å². The van der Waals surface area contributed by atoms with Crippen molar-refractivity contribution < 1.29 is 14.0 Å². The Morgan fingerprint density at radius 3 is 2.66 bits per heavy atom. The molecule has 1 aliphatic heterocycles. The molecule has 2 aliphatic rings. The number of halogens is 1. The summed E-state index contributed by atoms with van der Waals surface area (Å²) in [5, 5.41) is 5.58. The quantitative estimate of drug-likeness (QED) is 0.738. The van der Waals surface area contributed by atoms with Gasteiger partial charge in [0.2, 0.25) is 0 Å². The first-order valence-electron chi connectivity index (χ1n) is 11.3. The van der Waals surface area contributed by atoms with Gasteiger partial charge in [-0.25, -0.2) is 9.18 Å². The molecule has 1 unspecified atom stereocenters. The summed E-state index contributed by atoms with van der Waals surface area (Å²) < 4.78 is 14.7. The number of nitrogens with one attached hydrogen (secondary N) is 2. The molecular weight excluding hydrogens is 409 g/mol. The van der Waals surface area contributed by atoms with Gasteiger partial charge in [0.1, 0.15) is 11.5 Å². The number of rotatable bonds is 5. The fourth-order valence-corrected chi connectivity index (χ4v) is 4.60. The molecule has 170 valence electrons. The lowest BCUT2D eigenvalue weighted by Gasteiger charge is -2.33. The molecule has 2 fully saturated rings. The van der Waals surface area contributed by atoms with E-state index in [1.807, 2.05) is 11.9 Å². The number of amides is 3. The largest absolute Gasteiger partial charge is 0.369 e. The Labute approximate surface area is 188 Å². The highest BCUT2D eigenvalue weighted by molar-refractivity contribution is 5.93. The third-order valence-electron chi connectivity index (χ3n) is 6.40. The van der Waals surface area contributed by atoms with E-state index in [-0.39, 0.29) is 17.8 Å². The van der Waals surface area contributed by atoms with Crippen LogP contribution in [0.5, 0.6) is 0 Å². The van der Waals surface area contributed by atoms with Crippen molar-refractivity contribution >= 4 is 23.3 Å². The summed E-state index contributed by atoms with van der Waals surface area (Å²) in [6, 6.07) is 9.82. The number of carbonyl (C=O) groups excluding carboxylic acids is 2. The van der Waals surface area contributed by atoms with Crippen molar-refractivity contribution in [2.75, 3.05) is 30.4 Å². The van der Waals surface area contributed by atoms with Crippen molar-refractivity contribution in [3.63, 3.8) is 0 Å². The van der Waals surface area contributed by atoms with Gasteiger partial charge in [-0.3, -0.25) is 9.78 Å². The number of nitrogens with zero attached hydrogens (tertiary/aromatic N) is 3. The standard InChI is InChI=1S/C24H30FN5O2/c1-29(19-7-3-2-4-8-19)22-11-10-17(15-20(22)25)27-24(32)28-18-12-14-30(16-18)23(31)21-9-5-6-13-26-21/h5-6,9-11,13,15,18-19H,2-4,7-8,12,14,16H2,1H3,(H2,27,28,32). The number of aromatic nitrogens is 1. The molecule has 1 aromatic heterocycles. The molecule has 0 bridgehead atoms. The molecule has 0 radical (unpaired) electrons. The van der Waals surface area contributed by atoms with Crippen LogP contribution in [0.3, 0.4) is 0 Å². The number of pyridine rings is 1. The Morgan fingerprint density at radius 2 is 1.94 bits per heavy atom. The molecule has 3 amide bonds. The van der Waals surface area contributed by atoms with E-state index in [1.165, 1.54) is 25.3 Å². The second-order valence-corrected chi connectivity index (χ2v) is 8.62. The molecule has 2 N–H and O–H groups in total. The van der Waals surface area contributed by atoms with Gasteiger partial charge in [0.15, 0.2) is 0 Å². The van der Waals surface area contributed by atoms with Crippen LogP contribution >= 0.6 is 0 Å². The Hall–Kier alpha value is -3.16. The van der Waals surface area contributed by atoms with Gasteiger partial charge < -0.3 is 20.4 Å². The SMILES string of the molecule is CN(c1ccc(NC(=O)NC2CCN(C(=O)c3ccccn3)C2)cc1F)C1CCCCC1. The van der Waals surface area contributed by atoms with Crippen LogP contribution in [0, 0.1) is 5.82 Å². The molecule has 1 saturated heterocycles. The smallest absolute Gasteiger partial charge is 0.319 e. The highest BCUT2D eigenvalue weighted by atomic mass is 19.1. The Morgan fingerprint density at radius 1 is 1.12 bits per heavy atom. The molecule has 4 rings (SSSR count). The van der Waals surface area contributed by atoms with Crippen LogP contribution in [-0.4, -0.2) is 54.0 Å². The van der Waals surface area contributed by atoms with Crippen LogP contribution in [-0.2, 0) is 0 Å². The van der Waals surface area contributed by atoms with Gasteiger partial charge in [-0.1, -0.05) is 25.3 Å². The van der Waals surface area contributed by atoms with Crippen LogP contribution in [0.4, 0.5) is 20.6 Å². The second kappa shape index (κ2) is 9.97. The average Bonchev–Trinajstić information content (AvgIpc) is 3.27. The van der Waals surface area contributed by atoms with Gasteiger partial charge in [0, 0.05) is 44.1 Å². The lowest BCUT2D eigenvalue weighted by Crippen LogP contribution is -2.40. The van der Waals surface area contributed by atoms with Gasteiger partial charge in [-0.05, 0) is 49.6 Å². The number of anilines is 2. The predicted octanol–water partition coefficient (Wildman–Crippen LogP) is 4.03. The number of hydrogen-bond acceptors (Lipinski definition) is 4. The first-order chi connectivity index (χ1) is 15.5. The van der Waals surface area contributed by atoms with Gasteiger partial charge in [-0.15, -0.1) is 0 Å². The van der Waals surface area contributed by atoms with Crippen LogP contribution in [0.15, 0.2) is 42.6 Å². The molecule has 1 saturated carbocycles. The summed E-state index contributed by atoms with van der Waals surface area (Å²) in [5.74, 6) is -0.487. The van der Waals surface area contributed by atoms with Crippen molar-refractivity contribution in [2.45, 2.75) is 50.6 Å². The molecule has 0 spiro atoms. The summed E-state index contributed by atoms with van der Waals surface area (Å²) >= 11 is 0. The Balaban J connectivity index is 1.29. The van der Waals surface area contributed by atoms with E-state index in [9.17, 15) is 14.0 Å². The molecule has 1 aliphatic carbocycles. The highest BCUT2D eigenvalue weighted by Crippen LogP contribution is 2.29. The maximum absolute atomic E-state index is 14.7. The number of carbonyl (C=O) groups is 2. The molecule has 1 aromatic carbocycles. The molecule has 2 heterocycles. The molecule has 8 heteroatoms. The van der Waals surface area contributed by atoms with E-state index in [2.05, 4.69) is 15.6 Å². The van der Waals surface area contributed by atoms with E-state index in [0.717, 1.165) is 12.8 Å². The minimum absolute atomic E-state index is 0.143. The fraction of sp³-hybridized carbons (Fsp3) is 0.458. The van der Waals surface area contributed by atoms with Crippen LogP contribution in [0.25, 0.3) is 0 Å². The minimum Gasteiger partial charge on any atom is -0.369 e. The molecule has 7 nitrogen and oxygen atoms in total. The second-order valence-electron chi connectivity index (χ2n) is 8.62. The molecule has 1 atom stereocenters. The zero-order valence-corrected chi connectivity index (χ0v) is 18.4. The lowest BCUT2D eigenvalue weighted by molar-refractivity contribution is 0.0783. The van der Waals surface area contributed by atoms with Crippen LogP contribution in [0.2, 0.25) is 0 Å². The number of benzene rings is 1. The first-order valence-corrected chi connectivity index (χ1v) is 11.3. The van der Waals surface area contributed by atoms with Crippen molar-refractivity contribution in [2.24, 2.45) is 0 Å². The molecule has 2 aromatic rings. The number of hydrogen-bond donors (Lipinski definition) is 2. The number of urea groups is 1. The van der Waals surface area contributed by atoms with Gasteiger partial charge in [0.25, 0.3) is 5.91 Å². The van der Waals surface area contributed by atoms with E-state index >= 15 is 0 Å². The van der Waals surface area contributed by atoms with E-state index < -0.39 is 6.03 Å². The first kappa shape index (κ1) is 22.0. The molecular formula is C24H30FN5O2. The normalized spacial score (nSPS) is 18.9. The molecule has 32 heavy (non-hydrogen) atoms. The third-order valence-corrected chi connectivity index (χ3v) is 6.40. The summed E-state index contributed by atoms with van der Waals surface area (Å²) in [4.78, 5) is 32.7. The maximum Gasteiger partial charge on any atom is 0.319 e.